The summed E-state index contributed by atoms with van der Waals surface area (Å²) in [5.41, 5.74) is 0.567. The minimum Gasteiger partial charge on any atom is -0.367 e. The number of ether oxygens (including phenoxy) is 1. The lowest BCUT2D eigenvalue weighted by molar-refractivity contribution is -0.146. The zero-order valence-electron chi connectivity index (χ0n) is 12.5. The Balaban J connectivity index is 2.13. The Kier molecular flexibility index (Phi) is 5.20. The minimum absolute atomic E-state index is 0.308. The summed E-state index contributed by atoms with van der Waals surface area (Å²) in [5.74, 6) is 1.05. The van der Waals surface area contributed by atoms with E-state index in [4.69, 9.17) is 4.74 Å². The summed E-state index contributed by atoms with van der Waals surface area (Å²) in [4.78, 5) is 12.9. The summed E-state index contributed by atoms with van der Waals surface area (Å²) in [6.45, 7) is 4.94. The Labute approximate surface area is 117 Å². The number of Topliss-reactive ketones (excluding diaryl/α,β-unsaturated/α-hetero) is 1. The van der Waals surface area contributed by atoms with Crippen molar-refractivity contribution in [1.82, 2.24) is 0 Å². The van der Waals surface area contributed by atoms with Gasteiger partial charge in [0.15, 0.2) is 5.78 Å². The third-order valence-electron chi connectivity index (χ3n) is 4.75. The maximum absolute atomic E-state index is 12.9. The normalized spacial score (nSPS) is 32.5. The van der Waals surface area contributed by atoms with Crippen molar-refractivity contribution in [3.63, 3.8) is 0 Å². The first kappa shape index (κ1) is 14.8. The zero-order valence-corrected chi connectivity index (χ0v) is 12.5. The van der Waals surface area contributed by atoms with Crippen LogP contribution in [0, 0.1) is 5.92 Å². The van der Waals surface area contributed by atoms with E-state index >= 15 is 0 Å². The predicted octanol–water partition coefficient (Wildman–Crippen LogP) is 4.43. The van der Waals surface area contributed by atoms with E-state index in [2.05, 4.69) is 13.0 Å². The Morgan fingerprint density at radius 2 is 2.05 bits per heavy atom. The lowest BCUT2D eigenvalue weighted by atomic mass is 9.75. The van der Waals surface area contributed by atoms with Crippen molar-refractivity contribution in [3.8, 4) is 0 Å². The molecule has 0 unspecified atom stereocenters. The van der Waals surface area contributed by atoms with Crippen LogP contribution in [0.25, 0.3) is 0 Å². The van der Waals surface area contributed by atoms with Crippen LogP contribution in [0.4, 0.5) is 0 Å². The molecular formula is C17H28O2. The van der Waals surface area contributed by atoms with E-state index in [0.717, 1.165) is 56.4 Å². The standard InChI is InChI=1S/C17H28O2/c1-3-19-17(12-10-14(2)11-13-17)16(18)15-8-6-4-5-7-9-15/h8,14H,3-7,9-13H2,1-2H3. The van der Waals surface area contributed by atoms with E-state index in [1.807, 2.05) is 6.92 Å². The Morgan fingerprint density at radius 3 is 2.74 bits per heavy atom. The van der Waals surface area contributed by atoms with Gasteiger partial charge in [0.2, 0.25) is 0 Å². The Morgan fingerprint density at radius 1 is 1.32 bits per heavy atom. The first-order chi connectivity index (χ1) is 9.18. The highest BCUT2D eigenvalue weighted by Gasteiger charge is 2.42. The van der Waals surface area contributed by atoms with Crippen LogP contribution in [0.2, 0.25) is 0 Å². The van der Waals surface area contributed by atoms with Crippen molar-refractivity contribution >= 4 is 5.78 Å². The molecule has 0 saturated heterocycles. The van der Waals surface area contributed by atoms with Crippen LogP contribution in [0.5, 0.6) is 0 Å². The fourth-order valence-corrected chi connectivity index (χ4v) is 3.46. The zero-order chi connectivity index (χ0) is 13.7. The molecule has 0 aromatic rings. The van der Waals surface area contributed by atoms with Gasteiger partial charge in [-0.3, -0.25) is 4.79 Å². The predicted molar refractivity (Wildman–Crippen MR) is 78.2 cm³/mol. The van der Waals surface area contributed by atoms with Crippen LogP contribution < -0.4 is 0 Å². The minimum atomic E-state index is -0.489. The molecule has 0 aromatic carbocycles. The van der Waals surface area contributed by atoms with Crippen molar-refractivity contribution < 1.29 is 9.53 Å². The second-order valence-corrected chi connectivity index (χ2v) is 6.27. The van der Waals surface area contributed by atoms with Crippen molar-refractivity contribution in [1.29, 1.82) is 0 Å². The van der Waals surface area contributed by atoms with Gasteiger partial charge >= 0.3 is 0 Å². The molecule has 108 valence electrons. The molecule has 1 fully saturated rings. The third-order valence-corrected chi connectivity index (χ3v) is 4.75. The average molecular weight is 264 g/mol. The molecule has 0 N–H and O–H groups in total. The van der Waals surface area contributed by atoms with Crippen LogP contribution in [0.15, 0.2) is 11.6 Å². The number of hydrogen-bond donors (Lipinski definition) is 0. The first-order valence-electron chi connectivity index (χ1n) is 8.06. The van der Waals surface area contributed by atoms with E-state index < -0.39 is 5.60 Å². The maximum atomic E-state index is 12.9. The van der Waals surface area contributed by atoms with Gasteiger partial charge in [-0.1, -0.05) is 19.4 Å². The third kappa shape index (κ3) is 3.47. The fourth-order valence-electron chi connectivity index (χ4n) is 3.46. The van der Waals surface area contributed by atoms with Gasteiger partial charge in [-0.15, -0.1) is 0 Å². The van der Waals surface area contributed by atoms with Crippen LogP contribution in [-0.4, -0.2) is 18.0 Å². The van der Waals surface area contributed by atoms with Gasteiger partial charge in [0, 0.05) is 6.61 Å². The van der Waals surface area contributed by atoms with Crippen molar-refractivity contribution in [2.45, 2.75) is 77.2 Å². The number of ketones is 1. The van der Waals surface area contributed by atoms with Gasteiger partial charge in [0.1, 0.15) is 5.60 Å². The van der Waals surface area contributed by atoms with Gasteiger partial charge < -0.3 is 4.74 Å². The van der Waals surface area contributed by atoms with E-state index in [1.165, 1.54) is 12.8 Å². The van der Waals surface area contributed by atoms with Crippen LogP contribution >= 0.6 is 0 Å². The highest BCUT2D eigenvalue weighted by molar-refractivity contribution is 6.02. The van der Waals surface area contributed by atoms with Gasteiger partial charge in [0.05, 0.1) is 0 Å². The van der Waals surface area contributed by atoms with Gasteiger partial charge in [0.25, 0.3) is 0 Å². The van der Waals surface area contributed by atoms with Crippen LogP contribution in [0.1, 0.15) is 71.6 Å². The number of allylic oxidation sites excluding steroid dienone is 1. The van der Waals surface area contributed by atoms with Crippen LogP contribution in [-0.2, 0) is 9.53 Å². The topological polar surface area (TPSA) is 26.3 Å². The van der Waals surface area contributed by atoms with E-state index in [1.54, 1.807) is 0 Å². The molecule has 2 rings (SSSR count). The molecule has 19 heavy (non-hydrogen) atoms. The lowest BCUT2D eigenvalue weighted by Crippen LogP contribution is -2.45. The van der Waals surface area contributed by atoms with Crippen molar-refractivity contribution in [2.24, 2.45) is 5.92 Å². The summed E-state index contributed by atoms with van der Waals surface area (Å²) < 4.78 is 5.98. The fraction of sp³-hybridized carbons (Fsp3) is 0.824. The molecule has 2 aliphatic rings. The molecule has 1 saturated carbocycles. The molecule has 2 nitrogen and oxygen atoms in total. The number of carbonyl (C=O) groups excluding carboxylic acids is 1. The molecule has 2 heteroatoms. The molecule has 0 amide bonds. The molecule has 0 aliphatic heterocycles. The van der Waals surface area contributed by atoms with Crippen molar-refractivity contribution in [3.05, 3.63) is 11.6 Å². The quantitative estimate of drug-likeness (QED) is 0.750. The SMILES string of the molecule is CCOC1(C(=O)C2=CCCCCC2)CCC(C)CC1. The first-order valence-corrected chi connectivity index (χ1v) is 8.06. The van der Waals surface area contributed by atoms with Gasteiger partial charge in [-0.05, 0) is 69.8 Å². The molecule has 0 spiro atoms. The Hall–Kier alpha value is -0.630. The van der Waals surface area contributed by atoms with E-state index in [-0.39, 0.29) is 0 Å². The molecule has 0 atom stereocenters. The molecular weight excluding hydrogens is 236 g/mol. The van der Waals surface area contributed by atoms with Gasteiger partial charge in [-0.25, -0.2) is 0 Å². The molecule has 0 bridgehead atoms. The smallest absolute Gasteiger partial charge is 0.190 e. The molecule has 0 radical (unpaired) electrons. The highest BCUT2D eigenvalue weighted by Crippen LogP contribution is 2.38. The summed E-state index contributed by atoms with van der Waals surface area (Å²) >= 11 is 0. The summed E-state index contributed by atoms with van der Waals surface area (Å²) in [6.07, 6.45) is 11.9. The highest BCUT2D eigenvalue weighted by atomic mass is 16.5. The second kappa shape index (κ2) is 6.69. The maximum Gasteiger partial charge on any atom is 0.190 e. The second-order valence-electron chi connectivity index (χ2n) is 6.27. The number of carbonyl (C=O) groups is 1. The lowest BCUT2D eigenvalue weighted by Gasteiger charge is -2.38. The summed E-state index contributed by atoms with van der Waals surface area (Å²) in [7, 11) is 0. The van der Waals surface area contributed by atoms with Crippen LogP contribution in [0.3, 0.4) is 0 Å². The van der Waals surface area contributed by atoms with E-state index in [9.17, 15) is 4.79 Å². The molecule has 0 heterocycles. The summed E-state index contributed by atoms with van der Waals surface area (Å²) in [6, 6.07) is 0. The largest absolute Gasteiger partial charge is 0.367 e. The number of rotatable bonds is 4. The van der Waals surface area contributed by atoms with Gasteiger partial charge in [-0.2, -0.15) is 0 Å². The van der Waals surface area contributed by atoms with E-state index in [0.29, 0.717) is 12.4 Å². The average Bonchev–Trinajstić information content (AvgIpc) is 2.70. The number of hydrogen-bond acceptors (Lipinski definition) is 2. The Bertz CT molecular complexity index is 335. The summed E-state index contributed by atoms with van der Waals surface area (Å²) in [5, 5.41) is 0. The molecule has 2 aliphatic carbocycles. The van der Waals surface area contributed by atoms with Crippen molar-refractivity contribution in [2.75, 3.05) is 6.61 Å². The molecule has 0 aromatic heterocycles. The monoisotopic (exact) mass is 264 g/mol.